The van der Waals surface area contributed by atoms with E-state index in [1.165, 1.54) is 24.4 Å². The van der Waals surface area contributed by atoms with Gasteiger partial charge < -0.3 is 9.84 Å². The minimum absolute atomic E-state index is 0.157. The third-order valence-electron chi connectivity index (χ3n) is 3.02. The van der Waals surface area contributed by atoms with Gasteiger partial charge in [0.25, 0.3) is 5.91 Å². The average molecular weight is 327 g/mol. The quantitative estimate of drug-likeness (QED) is 0.915. The van der Waals surface area contributed by atoms with Crippen molar-refractivity contribution in [1.82, 2.24) is 15.5 Å². The van der Waals surface area contributed by atoms with E-state index in [1.807, 2.05) is 19.2 Å². The van der Waals surface area contributed by atoms with Gasteiger partial charge >= 0.3 is 6.18 Å². The van der Waals surface area contributed by atoms with Crippen molar-refractivity contribution in [2.75, 3.05) is 0 Å². The normalized spacial score (nSPS) is 13.1. The third kappa shape index (κ3) is 4.54. The van der Waals surface area contributed by atoms with Crippen LogP contribution in [-0.4, -0.2) is 22.2 Å². The predicted molar refractivity (Wildman–Crippen MR) is 75.5 cm³/mol. The van der Waals surface area contributed by atoms with Gasteiger partial charge in [0.15, 0.2) is 6.04 Å². The molecular weight excluding hydrogens is 311 g/mol. The van der Waals surface area contributed by atoms with E-state index < -0.39 is 18.1 Å². The summed E-state index contributed by atoms with van der Waals surface area (Å²) >= 11 is 0. The minimum Gasteiger partial charge on any atom is -0.351 e. The van der Waals surface area contributed by atoms with Crippen LogP contribution < -0.4 is 5.32 Å². The van der Waals surface area contributed by atoms with Crippen LogP contribution in [0.25, 0.3) is 0 Å². The molecule has 1 amide bonds. The molecule has 0 aliphatic rings. The monoisotopic (exact) mass is 327 g/mol. The molecule has 124 valence electrons. The number of carbonyl (C=O) groups excluding carboxylic acids is 1. The van der Waals surface area contributed by atoms with E-state index >= 15 is 0 Å². The van der Waals surface area contributed by atoms with Crippen LogP contribution in [-0.2, 0) is 6.42 Å². The molecule has 0 aliphatic carbocycles. The average Bonchev–Trinajstić information content (AvgIpc) is 2.92. The number of hydrogen-bond acceptors (Lipinski definition) is 4. The van der Waals surface area contributed by atoms with Gasteiger partial charge in [-0.25, -0.2) is 0 Å². The van der Waals surface area contributed by atoms with Crippen molar-refractivity contribution >= 4 is 5.91 Å². The highest BCUT2D eigenvalue weighted by Gasteiger charge is 2.42. The lowest BCUT2D eigenvalue weighted by atomic mass is 10.1. The molecule has 0 bridgehead atoms. The first-order valence-electron chi connectivity index (χ1n) is 7.00. The number of nitrogens with zero attached hydrogens (tertiary/aromatic N) is 2. The second-order valence-corrected chi connectivity index (χ2v) is 5.51. The summed E-state index contributed by atoms with van der Waals surface area (Å²) in [4.78, 5) is 15.7. The maximum atomic E-state index is 13.2. The molecule has 8 heteroatoms. The lowest BCUT2D eigenvalue weighted by molar-refractivity contribution is -0.155. The Labute approximate surface area is 130 Å². The molecule has 23 heavy (non-hydrogen) atoms. The highest BCUT2D eigenvalue weighted by atomic mass is 19.4. The van der Waals surface area contributed by atoms with E-state index in [0.29, 0.717) is 12.1 Å². The van der Waals surface area contributed by atoms with Crippen molar-refractivity contribution in [3.05, 3.63) is 47.6 Å². The molecule has 5 nitrogen and oxygen atoms in total. The Morgan fingerprint density at radius 2 is 2.13 bits per heavy atom. The fourth-order valence-corrected chi connectivity index (χ4v) is 2.04. The number of aromatic nitrogens is 2. The highest BCUT2D eigenvalue weighted by Crippen LogP contribution is 2.32. The number of nitrogens with one attached hydrogen (secondary N) is 1. The Morgan fingerprint density at radius 1 is 1.39 bits per heavy atom. The maximum absolute atomic E-state index is 13.2. The highest BCUT2D eigenvalue weighted by molar-refractivity contribution is 5.91. The van der Waals surface area contributed by atoms with E-state index in [2.05, 4.69) is 10.1 Å². The van der Waals surface area contributed by atoms with Gasteiger partial charge in [-0.2, -0.15) is 13.2 Å². The number of alkyl halides is 3. The molecule has 0 saturated heterocycles. The SMILES string of the molecule is CC(C)Cc1cc(C(=O)N[C@H](c2cccnc2)C(F)(F)F)on1. The number of rotatable bonds is 5. The molecule has 2 aromatic rings. The first-order chi connectivity index (χ1) is 10.8. The van der Waals surface area contributed by atoms with Crippen molar-refractivity contribution in [3.63, 3.8) is 0 Å². The number of halogens is 3. The number of carbonyl (C=O) groups is 1. The Kier molecular flexibility index (Phi) is 5.02. The first kappa shape index (κ1) is 17.0. The van der Waals surface area contributed by atoms with Gasteiger partial charge in [-0.05, 0) is 18.4 Å². The van der Waals surface area contributed by atoms with Gasteiger partial charge in [0.1, 0.15) is 0 Å². The summed E-state index contributed by atoms with van der Waals surface area (Å²) in [5.74, 6) is -0.938. The minimum atomic E-state index is -4.65. The summed E-state index contributed by atoms with van der Waals surface area (Å²) in [5, 5.41) is 5.61. The summed E-state index contributed by atoms with van der Waals surface area (Å²) in [7, 11) is 0. The zero-order chi connectivity index (χ0) is 17.0. The van der Waals surface area contributed by atoms with Crippen molar-refractivity contribution in [2.45, 2.75) is 32.5 Å². The number of amides is 1. The van der Waals surface area contributed by atoms with Gasteiger partial charge in [-0.15, -0.1) is 0 Å². The second-order valence-electron chi connectivity index (χ2n) is 5.51. The standard InChI is InChI=1S/C15H16F3N3O2/c1-9(2)6-11-7-12(23-21-11)14(22)20-13(15(16,17)18)10-4-3-5-19-8-10/h3-5,7-9,13H,6H2,1-2H3,(H,20,22)/t13-/m1/s1. The van der Waals surface area contributed by atoms with Crippen molar-refractivity contribution < 1.29 is 22.5 Å². The van der Waals surface area contributed by atoms with Crippen LogP contribution in [0.2, 0.25) is 0 Å². The maximum Gasteiger partial charge on any atom is 0.412 e. The smallest absolute Gasteiger partial charge is 0.351 e. The molecule has 0 aliphatic heterocycles. The molecule has 2 heterocycles. The van der Waals surface area contributed by atoms with Gasteiger partial charge in [0.2, 0.25) is 5.76 Å². The van der Waals surface area contributed by atoms with E-state index in [9.17, 15) is 18.0 Å². The lowest BCUT2D eigenvalue weighted by Gasteiger charge is -2.20. The van der Waals surface area contributed by atoms with Crippen LogP contribution in [0.1, 0.15) is 41.7 Å². The zero-order valence-electron chi connectivity index (χ0n) is 12.6. The van der Waals surface area contributed by atoms with E-state index in [-0.39, 0.29) is 17.2 Å². The molecule has 0 saturated carbocycles. The molecule has 2 rings (SSSR count). The van der Waals surface area contributed by atoms with Crippen LogP contribution in [0.4, 0.5) is 13.2 Å². The van der Waals surface area contributed by atoms with E-state index in [4.69, 9.17) is 4.52 Å². The van der Waals surface area contributed by atoms with E-state index in [1.54, 1.807) is 0 Å². The van der Waals surface area contributed by atoms with E-state index in [0.717, 1.165) is 6.20 Å². The summed E-state index contributed by atoms with van der Waals surface area (Å²) in [6.07, 6.45) is -1.67. The molecule has 0 fully saturated rings. The summed E-state index contributed by atoms with van der Waals surface area (Å²) < 4.78 is 44.3. The van der Waals surface area contributed by atoms with Crippen molar-refractivity contribution in [2.24, 2.45) is 5.92 Å². The fraction of sp³-hybridized carbons (Fsp3) is 0.400. The molecule has 0 spiro atoms. The van der Waals surface area contributed by atoms with Crippen molar-refractivity contribution in [1.29, 1.82) is 0 Å². The van der Waals surface area contributed by atoms with Crippen LogP contribution in [0, 0.1) is 5.92 Å². The van der Waals surface area contributed by atoms with Crippen molar-refractivity contribution in [3.8, 4) is 0 Å². The summed E-state index contributed by atoms with van der Waals surface area (Å²) in [5.41, 5.74) is 0.366. The predicted octanol–water partition coefficient (Wildman–Crippen LogP) is 3.30. The zero-order valence-corrected chi connectivity index (χ0v) is 12.6. The Bertz CT molecular complexity index is 653. The van der Waals surface area contributed by atoms with Gasteiger partial charge in [-0.1, -0.05) is 25.1 Å². The number of pyridine rings is 1. The second kappa shape index (κ2) is 6.80. The van der Waals surface area contributed by atoms with Crippen LogP contribution in [0.3, 0.4) is 0 Å². The van der Waals surface area contributed by atoms with Crippen LogP contribution >= 0.6 is 0 Å². The van der Waals surface area contributed by atoms with Gasteiger partial charge in [-0.3, -0.25) is 9.78 Å². The Morgan fingerprint density at radius 3 is 2.70 bits per heavy atom. The lowest BCUT2D eigenvalue weighted by Crippen LogP contribution is -2.38. The molecule has 1 N–H and O–H groups in total. The molecular formula is C15H16F3N3O2. The Hall–Kier alpha value is -2.38. The van der Waals surface area contributed by atoms with Crippen LogP contribution in [0.15, 0.2) is 35.1 Å². The molecule has 0 aromatic carbocycles. The summed E-state index contributed by atoms with van der Waals surface area (Å²) in [6, 6.07) is 1.81. The molecule has 1 atom stereocenters. The molecule has 2 aromatic heterocycles. The molecule has 0 unspecified atom stereocenters. The third-order valence-corrected chi connectivity index (χ3v) is 3.02. The summed E-state index contributed by atoms with van der Waals surface area (Å²) in [6.45, 7) is 3.91. The number of hydrogen-bond donors (Lipinski definition) is 1. The van der Waals surface area contributed by atoms with Crippen LogP contribution in [0.5, 0.6) is 0 Å². The first-order valence-corrected chi connectivity index (χ1v) is 7.00. The topological polar surface area (TPSA) is 68.0 Å². The molecule has 0 radical (unpaired) electrons. The Balaban J connectivity index is 2.16. The fourth-order valence-electron chi connectivity index (χ4n) is 2.04. The van der Waals surface area contributed by atoms with Gasteiger partial charge in [0, 0.05) is 24.0 Å². The van der Waals surface area contributed by atoms with Gasteiger partial charge in [0.05, 0.1) is 5.69 Å². The largest absolute Gasteiger partial charge is 0.412 e.